The van der Waals surface area contributed by atoms with Crippen LogP contribution in [-0.4, -0.2) is 11.7 Å². The third-order valence-electron chi connectivity index (χ3n) is 3.31. The summed E-state index contributed by atoms with van der Waals surface area (Å²) < 4.78 is 0. The van der Waals surface area contributed by atoms with Crippen molar-refractivity contribution < 1.29 is 4.79 Å². The second-order valence-corrected chi connectivity index (χ2v) is 5.75. The first-order valence-corrected chi connectivity index (χ1v) is 6.66. The van der Waals surface area contributed by atoms with Crippen molar-refractivity contribution in [1.29, 1.82) is 5.26 Å². The molecule has 0 bridgehead atoms. The normalized spacial score (nSPS) is 20.1. The fourth-order valence-corrected chi connectivity index (χ4v) is 2.90. The average molecular weight is 244 g/mol. The number of carbonyl (C=O) groups excluding carboxylic acids is 1. The third-order valence-corrected chi connectivity index (χ3v) is 4.38. The topological polar surface area (TPSA) is 52.9 Å². The van der Waals surface area contributed by atoms with Crippen molar-refractivity contribution in [1.82, 2.24) is 0 Å². The van der Waals surface area contributed by atoms with Crippen molar-refractivity contribution >= 4 is 23.4 Å². The molecule has 1 aliphatic carbocycles. The van der Waals surface area contributed by atoms with Gasteiger partial charge >= 0.3 is 0 Å². The molecular formula is C13H12N2OS. The molecule has 1 saturated carbocycles. The van der Waals surface area contributed by atoms with Crippen LogP contribution in [0.4, 0.5) is 5.69 Å². The Bertz CT molecular complexity index is 529. The number of thioether (sulfide) groups is 1. The minimum Gasteiger partial charge on any atom is -0.324 e. The van der Waals surface area contributed by atoms with E-state index >= 15 is 0 Å². The van der Waals surface area contributed by atoms with Gasteiger partial charge in [0.15, 0.2) is 0 Å². The van der Waals surface area contributed by atoms with Crippen LogP contribution in [0.5, 0.6) is 0 Å². The molecule has 1 aromatic carbocycles. The number of fused-ring (bicyclic) bond motifs is 1. The Morgan fingerprint density at radius 2 is 2.29 bits per heavy atom. The van der Waals surface area contributed by atoms with Crippen LogP contribution in [0.2, 0.25) is 0 Å². The van der Waals surface area contributed by atoms with Gasteiger partial charge in [0, 0.05) is 4.90 Å². The maximum atomic E-state index is 11.3. The van der Waals surface area contributed by atoms with Crippen LogP contribution >= 0.6 is 11.8 Å². The highest BCUT2D eigenvalue weighted by atomic mass is 32.2. The Labute approximate surface area is 104 Å². The van der Waals surface area contributed by atoms with Crippen molar-refractivity contribution in [3.8, 4) is 6.07 Å². The lowest BCUT2D eigenvalue weighted by atomic mass is 9.98. The van der Waals surface area contributed by atoms with Crippen LogP contribution in [-0.2, 0) is 11.2 Å². The van der Waals surface area contributed by atoms with Gasteiger partial charge in [-0.1, -0.05) is 6.07 Å². The summed E-state index contributed by atoms with van der Waals surface area (Å²) in [4.78, 5) is 12.4. The number of rotatable bonds is 2. The third kappa shape index (κ3) is 2.03. The molecule has 0 saturated heterocycles. The molecular weight excluding hydrogens is 232 g/mol. The lowest BCUT2D eigenvalue weighted by Crippen LogP contribution is -2.18. The van der Waals surface area contributed by atoms with Crippen molar-refractivity contribution in [2.24, 2.45) is 5.41 Å². The van der Waals surface area contributed by atoms with Gasteiger partial charge in [0.1, 0.15) is 0 Å². The van der Waals surface area contributed by atoms with Crippen LogP contribution in [0.25, 0.3) is 0 Å². The summed E-state index contributed by atoms with van der Waals surface area (Å²) in [5.41, 5.74) is 1.92. The highest BCUT2D eigenvalue weighted by molar-refractivity contribution is 8.00. The number of amides is 1. The molecule has 17 heavy (non-hydrogen) atoms. The van der Waals surface area contributed by atoms with E-state index in [9.17, 15) is 4.79 Å². The first-order valence-electron chi connectivity index (χ1n) is 5.68. The number of hydrogen-bond acceptors (Lipinski definition) is 3. The maximum Gasteiger partial charge on any atom is 0.234 e. The summed E-state index contributed by atoms with van der Waals surface area (Å²) >= 11 is 1.57. The highest BCUT2D eigenvalue weighted by Gasteiger charge is 2.43. The zero-order valence-corrected chi connectivity index (χ0v) is 10.1. The predicted octanol–water partition coefficient (Wildman–Crippen LogP) is 2.58. The average Bonchev–Trinajstić information content (AvgIpc) is 3.09. The van der Waals surface area contributed by atoms with Gasteiger partial charge < -0.3 is 5.32 Å². The molecule has 3 nitrogen and oxygen atoms in total. The Kier molecular flexibility index (Phi) is 2.37. The summed E-state index contributed by atoms with van der Waals surface area (Å²) in [6.07, 6.45) is 2.81. The zero-order chi connectivity index (χ0) is 11.9. The summed E-state index contributed by atoms with van der Waals surface area (Å²) in [5.74, 6) is 0.551. The quantitative estimate of drug-likeness (QED) is 0.870. The molecule has 1 N–H and O–H groups in total. The first-order chi connectivity index (χ1) is 8.21. The van der Waals surface area contributed by atoms with E-state index < -0.39 is 0 Å². The summed E-state index contributed by atoms with van der Waals surface area (Å²) in [6.45, 7) is 0. The van der Waals surface area contributed by atoms with Gasteiger partial charge in [-0.25, -0.2) is 0 Å². The van der Waals surface area contributed by atoms with E-state index in [2.05, 4.69) is 17.5 Å². The van der Waals surface area contributed by atoms with Crippen molar-refractivity contribution in [2.75, 3.05) is 11.1 Å². The number of hydrogen-bond donors (Lipinski definition) is 1. The second-order valence-electron chi connectivity index (χ2n) is 4.74. The SMILES string of the molecule is N#CC1(Cc2ccc3c(c2)NC(=O)CS3)CC1. The summed E-state index contributed by atoms with van der Waals surface area (Å²) in [5, 5.41) is 12.0. The number of nitrogens with one attached hydrogen (secondary N) is 1. The van der Waals surface area contributed by atoms with Crippen LogP contribution in [0, 0.1) is 16.7 Å². The molecule has 0 atom stereocenters. The van der Waals surface area contributed by atoms with Gasteiger partial charge in [-0.05, 0) is 37.0 Å². The molecule has 0 unspecified atom stereocenters. The largest absolute Gasteiger partial charge is 0.324 e. The number of anilines is 1. The van der Waals surface area contributed by atoms with E-state index in [1.54, 1.807) is 11.8 Å². The number of nitrogens with zero attached hydrogens (tertiary/aromatic N) is 1. The molecule has 0 spiro atoms. The van der Waals surface area contributed by atoms with E-state index in [0.29, 0.717) is 5.75 Å². The summed E-state index contributed by atoms with van der Waals surface area (Å²) in [7, 11) is 0. The van der Waals surface area contributed by atoms with Gasteiger partial charge in [-0.3, -0.25) is 4.79 Å². The molecule has 0 radical (unpaired) electrons. The van der Waals surface area contributed by atoms with Gasteiger partial charge in [-0.2, -0.15) is 5.26 Å². The first kappa shape index (κ1) is 10.7. The van der Waals surface area contributed by atoms with Gasteiger partial charge in [-0.15, -0.1) is 11.8 Å². The van der Waals surface area contributed by atoms with E-state index in [0.717, 1.165) is 35.4 Å². The monoisotopic (exact) mass is 244 g/mol. The Balaban J connectivity index is 1.86. The zero-order valence-electron chi connectivity index (χ0n) is 9.32. The summed E-state index contributed by atoms with van der Waals surface area (Å²) in [6, 6.07) is 8.52. The fourth-order valence-electron chi connectivity index (χ4n) is 2.11. The lowest BCUT2D eigenvalue weighted by Gasteiger charge is -2.17. The fraction of sp³-hybridized carbons (Fsp3) is 0.385. The maximum absolute atomic E-state index is 11.3. The molecule has 1 heterocycles. The second kappa shape index (κ2) is 3.78. The van der Waals surface area contributed by atoms with E-state index in [1.807, 2.05) is 12.1 Å². The molecule has 4 heteroatoms. The van der Waals surface area contributed by atoms with Crippen molar-refractivity contribution in [3.63, 3.8) is 0 Å². The molecule has 86 valence electrons. The lowest BCUT2D eigenvalue weighted by molar-refractivity contribution is -0.113. The standard InChI is InChI=1S/C13H12N2OS/c14-8-13(3-4-13)6-9-1-2-11-10(5-9)15-12(16)7-17-11/h1-2,5H,3-4,6-7H2,(H,15,16). The number of benzene rings is 1. The van der Waals surface area contributed by atoms with Crippen molar-refractivity contribution in [3.05, 3.63) is 23.8 Å². The molecule has 1 amide bonds. The Morgan fingerprint density at radius 3 is 3.00 bits per heavy atom. The number of nitriles is 1. The molecule has 1 fully saturated rings. The van der Waals surface area contributed by atoms with Crippen LogP contribution in [0.1, 0.15) is 18.4 Å². The van der Waals surface area contributed by atoms with Gasteiger partial charge in [0.05, 0.1) is 22.9 Å². The predicted molar refractivity (Wildman–Crippen MR) is 66.8 cm³/mol. The molecule has 1 aliphatic heterocycles. The van der Waals surface area contributed by atoms with Crippen molar-refractivity contribution in [2.45, 2.75) is 24.2 Å². The molecule has 1 aromatic rings. The minimum atomic E-state index is -0.125. The molecule has 0 aromatic heterocycles. The van der Waals surface area contributed by atoms with E-state index in [1.165, 1.54) is 0 Å². The van der Waals surface area contributed by atoms with Crippen LogP contribution < -0.4 is 5.32 Å². The van der Waals surface area contributed by atoms with Gasteiger partial charge in [0.25, 0.3) is 0 Å². The van der Waals surface area contributed by atoms with Crippen LogP contribution in [0.3, 0.4) is 0 Å². The van der Waals surface area contributed by atoms with Crippen LogP contribution in [0.15, 0.2) is 23.1 Å². The van der Waals surface area contributed by atoms with E-state index in [4.69, 9.17) is 5.26 Å². The van der Waals surface area contributed by atoms with E-state index in [-0.39, 0.29) is 11.3 Å². The Morgan fingerprint density at radius 1 is 1.47 bits per heavy atom. The molecule has 2 aliphatic rings. The highest BCUT2D eigenvalue weighted by Crippen LogP contribution is 2.48. The van der Waals surface area contributed by atoms with Gasteiger partial charge in [0.2, 0.25) is 5.91 Å². The minimum absolute atomic E-state index is 0.0565. The molecule has 3 rings (SSSR count). The Hall–Kier alpha value is -1.47. The number of carbonyl (C=O) groups is 1. The smallest absolute Gasteiger partial charge is 0.234 e.